The highest BCUT2D eigenvalue weighted by atomic mass is 79.9. The Morgan fingerprint density at radius 3 is 1.01 bits per heavy atom. The number of hydrogen-bond acceptors (Lipinski definition) is 4. The Bertz CT molecular complexity index is 4260. The van der Waals surface area contributed by atoms with E-state index in [2.05, 4.69) is 232 Å². The second kappa shape index (κ2) is 17.7. The molecule has 0 fully saturated rings. The van der Waals surface area contributed by atoms with Crippen molar-refractivity contribution in [3.8, 4) is 67.5 Å². The third-order valence-electron chi connectivity index (χ3n) is 16.9. The Hall–Kier alpha value is -9.68. The topological polar surface area (TPSA) is 33.7 Å². The van der Waals surface area contributed by atoms with Gasteiger partial charge in [-0.15, -0.1) is 0 Å². The molecule has 0 saturated heterocycles. The van der Waals surface area contributed by atoms with E-state index in [0.717, 1.165) is 55.9 Å². The molecule has 79 heavy (non-hydrogen) atoms. The lowest BCUT2D eigenvalue weighted by Crippen LogP contribution is -2.25. The van der Waals surface area contributed by atoms with E-state index < -0.39 is 0 Å². The molecule has 2 heterocycles. The second-order valence-electron chi connectivity index (χ2n) is 20.8. The molecule has 6 aliphatic rings. The van der Waals surface area contributed by atoms with Gasteiger partial charge >= 0.3 is 0 Å². The lowest BCUT2D eigenvalue weighted by Gasteiger charge is -2.34. The Morgan fingerprint density at radius 2 is 0.582 bits per heavy atom. The summed E-state index contributed by atoms with van der Waals surface area (Å²) in [4.78, 5) is 2.33. The zero-order valence-electron chi connectivity index (χ0n) is 42.7. The number of benzene rings is 12. The maximum atomic E-state index is 6.29. The Balaban J connectivity index is 0.000000111. The van der Waals surface area contributed by atoms with Crippen LogP contribution >= 0.6 is 15.9 Å². The molecule has 12 aromatic carbocycles. The molecule has 4 aliphatic carbocycles. The molecule has 18 rings (SSSR count). The first-order valence-corrected chi connectivity index (χ1v) is 27.7. The van der Waals surface area contributed by atoms with Crippen LogP contribution in [0.2, 0.25) is 0 Å². The molecule has 1 N–H and O–H groups in total. The fourth-order valence-electron chi connectivity index (χ4n) is 13.9. The minimum Gasteiger partial charge on any atom is -0.453 e. The predicted octanol–water partition coefficient (Wildman–Crippen LogP) is 19.9. The van der Waals surface area contributed by atoms with Crippen molar-refractivity contribution in [2.45, 2.75) is 10.8 Å². The Morgan fingerprint density at radius 1 is 0.278 bits per heavy atom. The van der Waals surface area contributed by atoms with Gasteiger partial charge in [0.15, 0.2) is 23.0 Å². The molecular weight excluding hydrogens is 1030 g/mol. The van der Waals surface area contributed by atoms with Gasteiger partial charge in [0.25, 0.3) is 0 Å². The molecule has 4 nitrogen and oxygen atoms in total. The summed E-state index contributed by atoms with van der Waals surface area (Å²) < 4.78 is 13.1. The molecule has 2 spiro atoms. The maximum Gasteiger partial charge on any atom is 0.151 e. The zero-order valence-corrected chi connectivity index (χ0v) is 44.3. The monoisotopic (exact) mass is 1070 g/mol. The molecule has 0 unspecified atom stereocenters. The maximum absolute atomic E-state index is 6.29. The number of ether oxygens (including phenoxy) is 2. The molecular formula is C74H47BrN2O2. The number of halogens is 1. The number of anilines is 5. The second-order valence-corrected chi connectivity index (χ2v) is 21.7. The SMILES string of the molecule is Brc1ccc2c(c1)-c1ccccc1C21c2ccccc2-c2ccccc21.c1ccc2c(c1)Nc1ccccc1O2.c1ccc2c(c1)Oc1ccccc1N2c1ccc2c(c1)-c1ccccc1C21c2ccccc2-c2ccccc21. The smallest absolute Gasteiger partial charge is 0.151 e. The van der Waals surface area contributed by atoms with E-state index in [9.17, 15) is 0 Å². The third-order valence-corrected chi connectivity index (χ3v) is 17.4. The number of nitrogens with one attached hydrogen (secondary N) is 1. The van der Waals surface area contributed by atoms with Crippen LogP contribution in [-0.4, -0.2) is 0 Å². The van der Waals surface area contributed by atoms with Gasteiger partial charge in [-0.25, -0.2) is 0 Å². The first-order valence-electron chi connectivity index (χ1n) is 26.9. The van der Waals surface area contributed by atoms with Crippen LogP contribution in [0.1, 0.15) is 44.5 Å². The highest BCUT2D eigenvalue weighted by molar-refractivity contribution is 9.10. The summed E-state index contributed by atoms with van der Waals surface area (Å²) in [6, 6.07) is 99.7. The van der Waals surface area contributed by atoms with Crippen molar-refractivity contribution < 1.29 is 9.47 Å². The lowest BCUT2D eigenvalue weighted by molar-refractivity contribution is 0.477. The van der Waals surface area contributed by atoms with Crippen molar-refractivity contribution in [1.82, 2.24) is 0 Å². The molecule has 0 amide bonds. The molecule has 0 aromatic heterocycles. The van der Waals surface area contributed by atoms with Crippen LogP contribution in [0.4, 0.5) is 28.4 Å². The summed E-state index contributed by atoms with van der Waals surface area (Å²) in [6.45, 7) is 0. The molecule has 5 heteroatoms. The van der Waals surface area contributed by atoms with Crippen LogP contribution in [0.25, 0.3) is 44.5 Å². The van der Waals surface area contributed by atoms with Crippen molar-refractivity contribution in [3.05, 3.63) is 328 Å². The van der Waals surface area contributed by atoms with Gasteiger partial charge in [0, 0.05) is 10.2 Å². The van der Waals surface area contributed by atoms with Gasteiger partial charge in [-0.2, -0.15) is 0 Å². The van der Waals surface area contributed by atoms with E-state index in [1.807, 2.05) is 72.8 Å². The quantitative estimate of drug-likeness (QED) is 0.178. The number of hydrogen-bond donors (Lipinski definition) is 1. The van der Waals surface area contributed by atoms with Crippen molar-refractivity contribution in [3.63, 3.8) is 0 Å². The van der Waals surface area contributed by atoms with Crippen LogP contribution in [0.15, 0.2) is 284 Å². The Kier molecular flexibility index (Phi) is 10.2. The van der Waals surface area contributed by atoms with Gasteiger partial charge in [0.05, 0.1) is 33.6 Å². The van der Waals surface area contributed by atoms with E-state index in [4.69, 9.17) is 9.47 Å². The van der Waals surface area contributed by atoms with Crippen molar-refractivity contribution in [1.29, 1.82) is 0 Å². The largest absolute Gasteiger partial charge is 0.453 e. The summed E-state index contributed by atoms with van der Waals surface area (Å²) >= 11 is 3.68. The van der Waals surface area contributed by atoms with Crippen LogP contribution in [0.5, 0.6) is 23.0 Å². The van der Waals surface area contributed by atoms with Crippen molar-refractivity contribution in [2.75, 3.05) is 10.2 Å². The van der Waals surface area contributed by atoms with Gasteiger partial charge in [-0.3, -0.25) is 0 Å². The average Bonchev–Trinajstić information content (AvgIpc) is 2.98. The van der Waals surface area contributed by atoms with Gasteiger partial charge in [-0.1, -0.05) is 222 Å². The summed E-state index contributed by atoms with van der Waals surface area (Å²) in [5.41, 5.74) is 26.4. The first kappa shape index (κ1) is 45.5. The van der Waals surface area contributed by atoms with E-state index >= 15 is 0 Å². The number of fused-ring (bicyclic) bond motifs is 24. The fraction of sp³-hybridized carbons (Fsp3) is 0.0270. The van der Waals surface area contributed by atoms with Crippen molar-refractivity contribution in [2.24, 2.45) is 0 Å². The van der Waals surface area contributed by atoms with Crippen LogP contribution in [-0.2, 0) is 10.8 Å². The van der Waals surface area contributed by atoms with Gasteiger partial charge in [-0.05, 0) is 162 Å². The summed E-state index contributed by atoms with van der Waals surface area (Å²) in [6.07, 6.45) is 0. The van der Waals surface area contributed by atoms with Crippen molar-refractivity contribution >= 4 is 44.4 Å². The van der Waals surface area contributed by atoms with Crippen LogP contribution in [0, 0.1) is 0 Å². The molecule has 0 saturated carbocycles. The average molecular weight is 1080 g/mol. The highest BCUT2D eigenvalue weighted by Gasteiger charge is 2.53. The summed E-state index contributed by atoms with van der Waals surface area (Å²) in [5.74, 6) is 3.50. The van der Waals surface area contributed by atoms with E-state index in [1.54, 1.807) is 0 Å². The van der Waals surface area contributed by atoms with Crippen LogP contribution in [0.3, 0.4) is 0 Å². The fourth-order valence-corrected chi connectivity index (χ4v) is 14.2. The van der Waals surface area contributed by atoms with E-state index in [0.29, 0.717) is 0 Å². The highest BCUT2D eigenvalue weighted by Crippen LogP contribution is 2.65. The molecule has 0 radical (unpaired) electrons. The summed E-state index contributed by atoms with van der Waals surface area (Å²) in [7, 11) is 0. The van der Waals surface area contributed by atoms with E-state index in [-0.39, 0.29) is 10.8 Å². The number of nitrogens with zero attached hydrogens (tertiary/aromatic N) is 1. The summed E-state index contributed by atoms with van der Waals surface area (Å²) in [5, 5.41) is 3.32. The standard InChI is InChI=1S/C37H23NO.C25H15Br.C12H9NO/c1-4-14-29-25(11-1)26-12-2-5-15-30(26)37(29)31-16-6-3-13-27(31)28-23-24(21-22-32(28)37)38-33-17-7-9-19-35(33)39-36-20-10-8-18-34(36)38;26-16-13-14-24-20(15-16)19-9-3-6-12-23(19)25(24)21-10-4-1-7-17(21)18-8-2-5-11-22(18)25;1-3-7-11-9(5-1)13-10-6-2-4-8-12(10)14-11/h1-23H;1-15H;1-8,13H. The lowest BCUT2D eigenvalue weighted by atomic mass is 9.70. The molecule has 2 aliphatic heterocycles. The molecule has 0 atom stereocenters. The molecule has 0 bridgehead atoms. The number of para-hydroxylation sites is 8. The van der Waals surface area contributed by atoms with Crippen LogP contribution < -0.4 is 19.7 Å². The minimum absolute atomic E-state index is 0.209. The molecule has 372 valence electrons. The number of rotatable bonds is 1. The van der Waals surface area contributed by atoms with E-state index in [1.165, 1.54) is 89.0 Å². The first-order chi connectivity index (χ1) is 39.1. The van der Waals surface area contributed by atoms with Gasteiger partial charge < -0.3 is 19.7 Å². The van der Waals surface area contributed by atoms with Gasteiger partial charge in [0.2, 0.25) is 0 Å². The minimum atomic E-state index is -0.321. The third kappa shape index (κ3) is 6.54. The Labute approximate surface area is 467 Å². The molecule has 12 aromatic rings. The van der Waals surface area contributed by atoms with Gasteiger partial charge in [0.1, 0.15) is 0 Å². The normalized spacial score (nSPS) is 14.1. The zero-order chi connectivity index (χ0) is 52.2. The predicted molar refractivity (Wildman–Crippen MR) is 324 cm³/mol.